The van der Waals surface area contributed by atoms with Crippen molar-refractivity contribution in [2.75, 3.05) is 45.2 Å². The van der Waals surface area contributed by atoms with Gasteiger partial charge in [0.15, 0.2) is 5.69 Å². The number of carboxylic acids is 1. The molecule has 0 spiro atoms. The van der Waals surface area contributed by atoms with Crippen molar-refractivity contribution < 1.29 is 40.6 Å². The molecule has 2 heterocycles. The third-order valence-electron chi connectivity index (χ3n) is 6.27. The second kappa shape index (κ2) is 12.8. The first kappa shape index (κ1) is 31.7. The number of benzene rings is 2. The fourth-order valence-electron chi connectivity index (χ4n) is 4.15. The molecule has 7 nitrogen and oxygen atoms in total. The first-order valence-electron chi connectivity index (χ1n) is 12.3. The number of carboxylic acid groups (broad SMARTS) is 1. The van der Waals surface area contributed by atoms with Gasteiger partial charge in [-0.2, -0.15) is 26.3 Å². The van der Waals surface area contributed by atoms with Gasteiger partial charge in [-0.1, -0.05) is 6.07 Å². The Morgan fingerprint density at radius 1 is 0.951 bits per heavy atom. The van der Waals surface area contributed by atoms with Crippen LogP contribution in [0.5, 0.6) is 0 Å². The maximum absolute atomic E-state index is 13.3. The average molecular weight is 588 g/mol. The van der Waals surface area contributed by atoms with Gasteiger partial charge in [-0.25, -0.2) is 19.2 Å². The molecule has 0 bridgehead atoms. The quantitative estimate of drug-likeness (QED) is 0.383. The molecule has 0 saturated carbocycles. The Bertz CT molecular complexity index is 1340. The van der Waals surface area contributed by atoms with Crippen LogP contribution < -0.4 is 10.2 Å². The fraction of sp³-hybridized carbons (Fsp3) is 0.370. The number of anilines is 1. The normalized spacial score (nSPS) is 14.4. The largest absolute Gasteiger partial charge is 0.476 e. The number of aryl methyl sites for hydroxylation is 1. The minimum Gasteiger partial charge on any atom is -0.476 e. The van der Waals surface area contributed by atoms with Crippen LogP contribution in [0.25, 0.3) is 11.1 Å². The molecule has 1 saturated heterocycles. The summed E-state index contributed by atoms with van der Waals surface area (Å²) in [5, 5.41) is 12.1. The molecule has 14 heteroatoms. The summed E-state index contributed by atoms with van der Waals surface area (Å²) in [6.07, 6.45) is -8.06. The summed E-state index contributed by atoms with van der Waals surface area (Å²) in [4.78, 5) is 24.5. The van der Waals surface area contributed by atoms with Crippen LogP contribution in [0.15, 0.2) is 42.6 Å². The highest BCUT2D eigenvalue weighted by Gasteiger charge is 2.36. The van der Waals surface area contributed by atoms with Crippen LogP contribution in [0.1, 0.15) is 32.7 Å². The summed E-state index contributed by atoms with van der Waals surface area (Å²) < 4.78 is 87.6. The number of aromatic carboxylic acids is 1. The molecule has 41 heavy (non-hydrogen) atoms. The smallest absolute Gasteiger partial charge is 0.416 e. The van der Waals surface area contributed by atoms with Gasteiger partial charge in [-0.3, -0.25) is 0 Å². The number of aromatic nitrogens is 2. The molecule has 1 aliphatic rings. The Morgan fingerprint density at radius 2 is 1.54 bits per heavy atom. The van der Waals surface area contributed by atoms with Crippen molar-refractivity contribution in [3.8, 4) is 11.1 Å². The second-order valence-corrected chi connectivity index (χ2v) is 9.43. The van der Waals surface area contributed by atoms with E-state index < -0.39 is 29.4 Å². The number of halogens is 7. The second-order valence-electron chi connectivity index (χ2n) is 9.43. The summed E-state index contributed by atoms with van der Waals surface area (Å²) in [7, 11) is 3.48. The lowest BCUT2D eigenvalue weighted by molar-refractivity contribution is -0.143. The highest BCUT2D eigenvalue weighted by atomic mass is 19.4. The lowest BCUT2D eigenvalue weighted by Crippen LogP contribution is -2.45. The number of hydrogen-bond donors (Lipinski definition) is 2. The van der Waals surface area contributed by atoms with Crippen LogP contribution in [0.2, 0.25) is 0 Å². The summed E-state index contributed by atoms with van der Waals surface area (Å²) >= 11 is 0. The van der Waals surface area contributed by atoms with E-state index in [1.165, 1.54) is 25.4 Å². The summed E-state index contributed by atoms with van der Waals surface area (Å²) in [6.45, 7) is 4.94. The van der Waals surface area contributed by atoms with Crippen LogP contribution in [0.3, 0.4) is 0 Å². The molecule has 0 amide bonds. The van der Waals surface area contributed by atoms with Crippen LogP contribution in [-0.4, -0.2) is 66.2 Å². The van der Waals surface area contributed by atoms with E-state index in [4.69, 9.17) is 0 Å². The number of likely N-dealkylation sites (N-methyl/N-ethyl adjacent to an activating group) is 1. The number of rotatable bonds is 5. The summed E-state index contributed by atoms with van der Waals surface area (Å²) in [5.74, 6) is -1.06. The molecule has 0 aliphatic carbocycles. The van der Waals surface area contributed by atoms with Gasteiger partial charge in [0.25, 0.3) is 0 Å². The van der Waals surface area contributed by atoms with Gasteiger partial charge in [-0.05, 0) is 68.0 Å². The molecule has 222 valence electrons. The monoisotopic (exact) mass is 587 g/mol. The molecule has 4 rings (SSSR count). The maximum atomic E-state index is 13.3. The number of hydrogen-bond acceptors (Lipinski definition) is 6. The van der Waals surface area contributed by atoms with E-state index in [9.17, 15) is 40.6 Å². The van der Waals surface area contributed by atoms with E-state index in [2.05, 4.69) is 20.2 Å². The molecule has 1 aliphatic heterocycles. The van der Waals surface area contributed by atoms with Crippen molar-refractivity contribution in [2.45, 2.75) is 25.8 Å². The van der Waals surface area contributed by atoms with Crippen LogP contribution in [0.4, 0.5) is 36.7 Å². The standard InChI is InChI=1S/C17H19FN4O2.C10H9F6N/c1-11-9-12(18)3-4-13(11)14-10-19-17(20-15(14)16(23)24)22-7-5-21(2)6-8-22;1-17-5-6-2-7(9(11,12)13)4-8(3-6)10(14,15)16/h3-4,9-10H,5-8H2,1-2H3,(H,23,24);2-4,17H,5H2,1H3. The Hall–Kier alpha value is -3.78. The van der Waals surface area contributed by atoms with E-state index in [1.54, 1.807) is 13.0 Å². The average Bonchev–Trinajstić information content (AvgIpc) is 2.88. The van der Waals surface area contributed by atoms with Gasteiger partial charge in [0.1, 0.15) is 5.82 Å². The van der Waals surface area contributed by atoms with E-state index in [0.717, 1.165) is 26.2 Å². The zero-order chi connectivity index (χ0) is 30.5. The third-order valence-corrected chi connectivity index (χ3v) is 6.27. The number of piperazine rings is 1. The van der Waals surface area contributed by atoms with E-state index in [1.807, 2.05) is 11.9 Å². The Kier molecular flexibility index (Phi) is 9.92. The van der Waals surface area contributed by atoms with Gasteiger partial charge < -0.3 is 20.2 Å². The van der Waals surface area contributed by atoms with Gasteiger partial charge in [0, 0.05) is 44.5 Å². The first-order chi connectivity index (χ1) is 19.1. The maximum Gasteiger partial charge on any atom is 0.416 e. The Labute approximate surface area is 231 Å². The lowest BCUT2D eigenvalue weighted by Gasteiger charge is -2.32. The molecular weight excluding hydrogens is 559 g/mol. The highest BCUT2D eigenvalue weighted by Crippen LogP contribution is 2.36. The molecule has 1 fully saturated rings. The predicted molar refractivity (Wildman–Crippen MR) is 138 cm³/mol. The van der Waals surface area contributed by atoms with Crippen LogP contribution >= 0.6 is 0 Å². The minimum absolute atomic E-state index is 0.0605. The molecule has 0 radical (unpaired) electrons. The summed E-state index contributed by atoms with van der Waals surface area (Å²) in [6, 6.07) is 5.75. The van der Waals surface area contributed by atoms with Gasteiger partial charge in [-0.15, -0.1) is 0 Å². The van der Waals surface area contributed by atoms with E-state index in [-0.39, 0.29) is 29.7 Å². The van der Waals surface area contributed by atoms with Crippen molar-refractivity contribution in [2.24, 2.45) is 0 Å². The van der Waals surface area contributed by atoms with Crippen molar-refractivity contribution in [1.29, 1.82) is 0 Å². The van der Waals surface area contributed by atoms with Crippen molar-refractivity contribution >= 4 is 11.9 Å². The topological polar surface area (TPSA) is 81.6 Å². The number of nitrogens with zero attached hydrogens (tertiary/aromatic N) is 4. The van der Waals surface area contributed by atoms with E-state index in [0.29, 0.717) is 34.8 Å². The number of nitrogens with one attached hydrogen (secondary N) is 1. The number of alkyl halides is 6. The van der Waals surface area contributed by atoms with Crippen molar-refractivity contribution in [3.63, 3.8) is 0 Å². The first-order valence-corrected chi connectivity index (χ1v) is 12.3. The zero-order valence-electron chi connectivity index (χ0n) is 22.4. The Balaban J connectivity index is 0.000000241. The fourth-order valence-corrected chi connectivity index (χ4v) is 4.15. The predicted octanol–water partition coefficient (Wildman–Crippen LogP) is 5.48. The van der Waals surface area contributed by atoms with Gasteiger partial charge in [0.2, 0.25) is 5.95 Å². The molecule has 0 unspecified atom stereocenters. The van der Waals surface area contributed by atoms with Crippen molar-refractivity contribution in [3.05, 3.63) is 76.4 Å². The van der Waals surface area contributed by atoms with Gasteiger partial charge in [0.05, 0.1) is 11.1 Å². The third kappa shape index (κ3) is 8.36. The highest BCUT2D eigenvalue weighted by molar-refractivity contribution is 5.94. The SMILES string of the molecule is CNCc1cc(C(F)(F)F)cc(C(F)(F)F)c1.Cc1cc(F)ccc1-c1cnc(N2CCN(C)CC2)nc1C(=O)O. The van der Waals surface area contributed by atoms with Crippen molar-refractivity contribution in [1.82, 2.24) is 20.2 Å². The zero-order valence-corrected chi connectivity index (χ0v) is 22.4. The number of carbonyl (C=O) groups is 1. The van der Waals surface area contributed by atoms with Gasteiger partial charge >= 0.3 is 18.3 Å². The molecule has 1 aromatic heterocycles. The summed E-state index contributed by atoms with van der Waals surface area (Å²) in [5.41, 5.74) is -1.04. The molecular formula is C27H28F7N5O2. The Morgan fingerprint density at radius 3 is 2.02 bits per heavy atom. The molecule has 2 N–H and O–H groups in total. The van der Waals surface area contributed by atoms with Crippen LogP contribution in [0, 0.1) is 12.7 Å². The molecule has 0 atom stereocenters. The van der Waals surface area contributed by atoms with Crippen LogP contribution in [-0.2, 0) is 18.9 Å². The minimum atomic E-state index is -4.79. The molecule has 2 aromatic carbocycles. The van der Waals surface area contributed by atoms with E-state index >= 15 is 0 Å². The lowest BCUT2D eigenvalue weighted by atomic mass is 10.0. The molecule has 3 aromatic rings.